The molecule has 0 radical (unpaired) electrons. The fraction of sp³-hybridized carbons (Fsp3) is 0.500. The van der Waals surface area contributed by atoms with Crippen molar-refractivity contribution in [1.29, 1.82) is 0 Å². The number of carbonyl (C=O) groups is 1. The first-order valence-corrected chi connectivity index (χ1v) is 6.00. The van der Waals surface area contributed by atoms with E-state index < -0.39 is 5.67 Å². The third kappa shape index (κ3) is 2.33. The van der Waals surface area contributed by atoms with Crippen molar-refractivity contribution in [2.24, 2.45) is 0 Å². The molecular formula is C14H17FO3. The highest BCUT2D eigenvalue weighted by Gasteiger charge is 2.28. The van der Waals surface area contributed by atoms with Gasteiger partial charge in [-0.3, -0.25) is 0 Å². The molecule has 0 amide bonds. The van der Waals surface area contributed by atoms with Gasteiger partial charge in [0.25, 0.3) is 0 Å². The minimum absolute atomic E-state index is 0.0398. The highest BCUT2D eigenvalue weighted by molar-refractivity contribution is 5.55. The lowest BCUT2D eigenvalue weighted by Crippen LogP contribution is -2.14. The number of aldehydes is 1. The predicted molar refractivity (Wildman–Crippen MR) is 65.8 cm³/mol. The molecule has 1 aliphatic heterocycles. The highest BCUT2D eigenvalue weighted by Crippen LogP contribution is 2.42. The van der Waals surface area contributed by atoms with Gasteiger partial charge in [-0.25, -0.2) is 4.39 Å². The normalized spacial score (nSPS) is 15.6. The van der Waals surface area contributed by atoms with Crippen LogP contribution in [0.5, 0.6) is 11.5 Å². The van der Waals surface area contributed by atoms with Gasteiger partial charge in [0, 0.05) is 6.42 Å². The predicted octanol–water partition coefficient (Wildman–Crippen LogP) is 3.31. The molecule has 1 heterocycles. The van der Waals surface area contributed by atoms with Crippen LogP contribution in [0.15, 0.2) is 12.1 Å². The smallest absolute Gasteiger partial charge is 0.231 e. The van der Waals surface area contributed by atoms with Crippen LogP contribution in [-0.4, -0.2) is 13.1 Å². The lowest BCUT2D eigenvalue weighted by atomic mass is 9.86. The van der Waals surface area contributed by atoms with Gasteiger partial charge in [0.1, 0.15) is 12.0 Å². The summed E-state index contributed by atoms with van der Waals surface area (Å²) in [4.78, 5) is 10.6. The quantitative estimate of drug-likeness (QED) is 0.771. The van der Waals surface area contributed by atoms with Gasteiger partial charge >= 0.3 is 0 Å². The molecule has 4 heteroatoms. The SMILES string of the molecule is CC(CC=O)c1cc2c(cc1C(C)(C)F)OCO2. The number of benzene rings is 1. The molecule has 0 spiro atoms. The molecule has 0 saturated carbocycles. The number of rotatable bonds is 4. The highest BCUT2D eigenvalue weighted by atomic mass is 19.1. The lowest BCUT2D eigenvalue weighted by Gasteiger charge is -2.22. The van der Waals surface area contributed by atoms with Gasteiger partial charge in [-0.05, 0) is 43.0 Å². The number of ether oxygens (including phenoxy) is 2. The van der Waals surface area contributed by atoms with E-state index in [1.807, 2.05) is 6.92 Å². The van der Waals surface area contributed by atoms with Crippen LogP contribution >= 0.6 is 0 Å². The van der Waals surface area contributed by atoms with Crippen molar-refractivity contribution in [1.82, 2.24) is 0 Å². The second-order valence-electron chi connectivity index (χ2n) is 5.07. The summed E-state index contributed by atoms with van der Waals surface area (Å²) in [6.07, 6.45) is 1.22. The summed E-state index contributed by atoms with van der Waals surface area (Å²) in [6.45, 7) is 5.07. The molecule has 18 heavy (non-hydrogen) atoms. The minimum atomic E-state index is -1.48. The van der Waals surface area contributed by atoms with Crippen molar-refractivity contribution >= 4 is 6.29 Å². The summed E-state index contributed by atoms with van der Waals surface area (Å²) >= 11 is 0. The maximum absolute atomic E-state index is 14.3. The van der Waals surface area contributed by atoms with Gasteiger partial charge < -0.3 is 14.3 Å². The fourth-order valence-electron chi connectivity index (χ4n) is 2.15. The monoisotopic (exact) mass is 252 g/mol. The largest absolute Gasteiger partial charge is 0.454 e. The Kier molecular flexibility index (Phi) is 3.28. The van der Waals surface area contributed by atoms with E-state index in [0.717, 1.165) is 11.8 Å². The van der Waals surface area contributed by atoms with E-state index in [1.54, 1.807) is 12.1 Å². The van der Waals surface area contributed by atoms with Crippen molar-refractivity contribution < 1.29 is 18.7 Å². The Morgan fingerprint density at radius 2 is 2.00 bits per heavy atom. The number of fused-ring (bicyclic) bond motifs is 1. The first-order valence-electron chi connectivity index (χ1n) is 6.00. The van der Waals surface area contributed by atoms with Gasteiger partial charge in [0.15, 0.2) is 11.5 Å². The third-order valence-electron chi connectivity index (χ3n) is 3.17. The van der Waals surface area contributed by atoms with E-state index in [2.05, 4.69) is 0 Å². The number of halogens is 1. The number of alkyl halides is 1. The van der Waals surface area contributed by atoms with E-state index in [1.165, 1.54) is 13.8 Å². The average molecular weight is 252 g/mol. The maximum atomic E-state index is 14.3. The van der Waals surface area contributed by atoms with E-state index in [0.29, 0.717) is 23.5 Å². The molecule has 1 atom stereocenters. The van der Waals surface area contributed by atoms with Gasteiger partial charge in [0.05, 0.1) is 0 Å². The van der Waals surface area contributed by atoms with Crippen LogP contribution in [0, 0.1) is 0 Å². The standard InChI is InChI=1S/C14H17FO3/c1-9(4-5-16)10-6-12-13(18-8-17-12)7-11(10)14(2,3)15/h5-7,9H,4,8H2,1-3H3. The maximum Gasteiger partial charge on any atom is 0.231 e. The minimum Gasteiger partial charge on any atom is -0.454 e. The molecule has 2 rings (SSSR count). The first kappa shape index (κ1) is 12.9. The molecule has 1 aromatic rings. The Hall–Kier alpha value is -1.58. The fourth-order valence-corrected chi connectivity index (χ4v) is 2.15. The van der Waals surface area contributed by atoms with Crippen molar-refractivity contribution in [3.8, 4) is 11.5 Å². The summed E-state index contributed by atoms with van der Waals surface area (Å²) in [5.41, 5.74) is -0.118. The van der Waals surface area contributed by atoms with Crippen LogP contribution in [0.3, 0.4) is 0 Å². The van der Waals surface area contributed by atoms with Crippen molar-refractivity contribution in [3.63, 3.8) is 0 Å². The molecule has 0 fully saturated rings. The van der Waals surface area contributed by atoms with Crippen LogP contribution in [-0.2, 0) is 10.5 Å². The van der Waals surface area contributed by atoms with E-state index in [-0.39, 0.29) is 12.7 Å². The van der Waals surface area contributed by atoms with Gasteiger partial charge in [0.2, 0.25) is 6.79 Å². The van der Waals surface area contributed by atoms with Gasteiger partial charge in [-0.2, -0.15) is 0 Å². The topological polar surface area (TPSA) is 35.5 Å². The molecule has 1 aliphatic rings. The third-order valence-corrected chi connectivity index (χ3v) is 3.17. The Morgan fingerprint density at radius 1 is 1.39 bits per heavy atom. The molecule has 1 unspecified atom stereocenters. The van der Waals surface area contributed by atoms with Crippen LogP contribution in [0.1, 0.15) is 44.2 Å². The summed E-state index contributed by atoms with van der Waals surface area (Å²) in [6, 6.07) is 3.46. The molecule has 0 N–H and O–H groups in total. The Labute approximate surface area is 106 Å². The second kappa shape index (κ2) is 4.59. The van der Waals surface area contributed by atoms with E-state index in [9.17, 15) is 9.18 Å². The van der Waals surface area contributed by atoms with E-state index >= 15 is 0 Å². The van der Waals surface area contributed by atoms with Crippen LogP contribution < -0.4 is 9.47 Å². The number of carbonyl (C=O) groups excluding carboxylic acids is 1. The lowest BCUT2D eigenvalue weighted by molar-refractivity contribution is -0.108. The molecule has 0 bridgehead atoms. The Bertz CT molecular complexity index is 463. The van der Waals surface area contributed by atoms with Crippen molar-refractivity contribution in [3.05, 3.63) is 23.3 Å². The van der Waals surface area contributed by atoms with Crippen LogP contribution in [0.4, 0.5) is 4.39 Å². The van der Waals surface area contributed by atoms with Crippen molar-refractivity contribution in [2.75, 3.05) is 6.79 Å². The van der Waals surface area contributed by atoms with Gasteiger partial charge in [-0.15, -0.1) is 0 Å². The summed E-state index contributed by atoms with van der Waals surface area (Å²) < 4.78 is 24.8. The molecule has 0 aliphatic carbocycles. The second-order valence-corrected chi connectivity index (χ2v) is 5.07. The molecule has 98 valence electrons. The van der Waals surface area contributed by atoms with E-state index in [4.69, 9.17) is 9.47 Å². The Balaban J connectivity index is 2.51. The summed E-state index contributed by atoms with van der Waals surface area (Å²) in [5, 5.41) is 0. The molecule has 1 aromatic carbocycles. The zero-order valence-electron chi connectivity index (χ0n) is 10.8. The number of hydrogen-bond acceptors (Lipinski definition) is 3. The summed E-state index contributed by atoms with van der Waals surface area (Å²) in [5.74, 6) is 1.15. The molecule has 0 aromatic heterocycles. The van der Waals surface area contributed by atoms with Crippen LogP contribution in [0.2, 0.25) is 0 Å². The van der Waals surface area contributed by atoms with Gasteiger partial charge in [-0.1, -0.05) is 6.92 Å². The summed E-state index contributed by atoms with van der Waals surface area (Å²) in [7, 11) is 0. The molecular weight excluding hydrogens is 235 g/mol. The number of hydrogen-bond donors (Lipinski definition) is 0. The molecule has 3 nitrogen and oxygen atoms in total. The Morgan fingerprint density at radius 3 is 2.56 bits per heavy atom. The zero-order chi connectivity index (χ0) is 13.3. The molecule has 0 saturated heterocycles. The zero-order valence-corrected chi connectivity index (χ0v) is 10.8. The van der Waals surface area contributed by atoms with Crippen molar-refractivity contribution in [2.45, 2.75) is 38.8 Å². The first-order chi connectivity index (χ1) is 8.43. The van der Waals surface area contributed by atoms with Crippen LogP contribution in [0.25, 0.3) is 0 Å². The average Bonchev–Trinajstić information content (AvgIpc) is 2.73.